The molecule has 0 aliphatic carbocycles. The summed E-state index contributed by atoms with van der Waals surface area (Å²) in [4.78, 5) is 38.4. The van der Waals surface area contributed by atoms with E-state index in [1.165, 1.54) is 315 Å². The summed E-state index contributed by atoms with van der Waals surface area (Å²) in [6.07, 6.45) is 90.6. The zero-order chi connectivity index (χ0) is 59.9. The number of carbonyl (C=O) groups is 3. The van der Waals surface area contributed by atoms with Crippen LogP contribution in [0.4, 0.5) is 0 Å². The summed E-state index contributed by atoms with van der Waals surface area (Å²) in [6.45, 7) is 6.68. The van der Waals surface area contributed by atoms with Crippen molar-refractivity contribution < 1.29 is 28.6 Å². The van der Waals surface area contributed by atoms with Gasteiger partial charge in [-0.1, -0.05) is 340 Å². The fraction of sp³-hybridized carbons (Fsp3) is 0.883. The molecule has 0 radical (unpaired) electrons. The average molecular weight is 1170 g/mol. The van der Waals surface area contributed by atoms with Gasteiger partial charge in [0.25, 0.3) is 0 Å². The lowest BCUT2D eigenvalue weighted by Crippen LogP contribution is -2.30. The highest BCUT2D eigenvalue weighted by atomic mass is 16.6. The van der Waals surface area contributed by atoms with Crippen molar-refractivity contribution in [3.8, 4) is 0 Å². The minimum absolute atomic E-state index is 0.0706. The molecule has 6 nitrogen and oxygen atoms in total. The van der Waals surface area contributed by atoms with Crippen LogP contribution in [-0.4, -0.2) is 37.2 Å². The molecule has 1 atom stereocenters. The van der Waals surface area contributed by atoms with Gasteiger partial charge in [-0.15, -0.1) is 0 Å². The molecule has 0 amide bonds. The molecular formula is C77H144O6. The molecule has 0 fully saturated rings. The molecule has 0 aromatic rings. The van der Waals surface area contributed by atoms with E-state index in [4.69, 9.17) is 14.2 Å². The third-order valence-electron chi connectivity index (χ3n) is 17.1. The molecule has 6 heteroatoms. The Morgan fingerprint density at radius 2 is 0.398 bits per heavy atom. The summed E-state index contributed by atoms with van der Waals surface area (Å²) in [5.41, 5.74) is 0. The normalized spacial score (nSPS) is 12.2. The molecule has 0 aromatic heterocycles. The van der Waals surface area contributed by atoms with Crippen molar-refractivity contribution in [2.75, 3.05) is 13.2 Å². The SMILES string of the molecule is CCCCCC/C=C\CCCCCCCC(=O)OCC(COC(=O)CCCCCCCCCCCCCCCCCCCCCCC/C=C\CCCCCCCCCC)OC(=O)CCCCCCCCCCC/C=C\CCCCCCCC. The van der Waals surface area contributed by atoms with Gasteiger partial charge in [0.15, 0.2) is 6.10 Å². The Hall–Kier alpha value is -2.37. The Bertz CT molecular complexity index is 1380. The summed E-state index contributed by atoms with van der Waals surface area (Å²) in [6, 6.07) is 0. The first-order valence-corrected chi connectivity index (χ1v) is 37.5. The number of unbranched alkanes of at least 4 members (excludes halogenated alkanes) is 53. The van der Waals surface area contributed by atoms with Crippen molar-refractivity contribution in [3.63, 3.8) is 0 Å². The molecule has 0 heterocycles. The fourth-order valence-electron chi connectivity index (χ4n) is 11.4. The Kier molecular flexibility index (Phi) is 70.0. The summed E-state index contributed by atoms with van der Waals surface area (Å²) in [5, 5.41) is 0. The Morgan fingerprint density at radius 1 is 0.229 bits per heavy atom. The van der Waals surface area contributed by atoms with Gasteiger partial charge in [-0.25, -0.2) is 0 Å². The van der Waals surface area contributed by atoms with Crippen molar-refractivity contribution in [1.29, 1.82) is 0 Å². The highest BCUT2D eigenvalue weighted by Crippen LogP contribution is 2.19. The van der Waals surface area contributed by atoms with E-state index in [9.17, 15) is 14.4 Å². The molecular weight excluding hydrogens is 1020 g/mol. The second kappa shape index (κ2) is 72.1. The van der Waals surface area contributed by atoms with Crippen LogP contribution in [0.15, 0.2) is 36.5 Å². The predicted molar refractivity (Wildman–Crippen MR) is 362 cm³/mol. The first-order chi connectivity index (χ1) is 41.0. The van der Waals surface area contributed by atoms with Gasteiger partial charge >= 0.3 is 17.9 Å². The first-order valence-electron chi connectivity index (χ1n) is 37.5. The van der Waals surface area contributed by atoms with E-state index in [-0.39, 0.29) is 31.1 Å². The second-order valence-corrected chi connectivity index (χ2v) is 25.6. The van der Waals surface area contributed by atoms with Gasteiger partial charge in [0.2, 0.25) is 0 Å². The third-order valence-corrected chi connectivity index (χ3v) is 17.1. The van der Waals surface area contributed by atoms with Gasteiger partial charge in [-0.05, 0) is 96.3 Å². The summed E-state index contributed by atoms with van der Waals surface area (Å²) in [5.74, 6) is -0.853. The number of hydrogen-bond donors (Lipinski definition) is 0. The Morgan fingerprint density at radius 3 is 0.614 bits per heavy atom. The van der Waals surface area contributed by atoms with E-state index in [2.05, 4.69) is 57.2 Å². The highest BCUT2D eigenvalue weighted by molar-refractivity contribution is 5.71. The van der Waals surface area contributed by atoms with Crippen LogP contribution in [0.3, 0.4) is 0 Å². The van der Waals surface area contributed by atoms with Gasteiger partial charge in [-0.3, -0.25) is 14.4 Å². The maximum atomic E-state index is 12.9. The van der Waals surface area contributed by atoms with Gasteiger partial charge in [-0.2, -0.15) is 0 Å². The maximum Gasteiger partial charge on any atom is 0.306 e. The Labute approximate surface area is 518 Å². The van der Waals surface area contributed by atoms with E-state index < -0.39 is 6.10 Å². The largest absolute Gasteiger partial charge is 0.462 e. The lowest BCUT2D eigenvalue weighted by Gasteiger charge is -2.18. The van der Waals surface area contributed by atoms with Crippen LogP contribution in [0.25, 0.3) is 0 Å². The summed E-state index contributed by atoms with van der Waals surface area (Å²) in [7, 11) is 0. The van der Waals surface area contributed by atoms with Crippen molar-refractivity contribution in [3.05, 3.63) is 36.5 Å². The third kappa shape index (κ3) is 70.3. The lowest BCUT2D eigenvalue weighted by molar-refractivity contribution is -0.167. The van der Waals surface area contributed by atoms with Crippen molar-refractivity contribution in [1.82, 2.24) is 0 Å². The zero-order valence-corrected chi connectivity index (χ0v) is 56.2. The van der Waals surface area contributed by atoms with Crippen LogP contribution in [0.1, 0.15) is 419 Å². The molecule has 0 aromatic carbocycles. The molecule has 0 bridgehead atoms. The van der Waals surface area contributed by atoms with Crippen molar-refractivity contribution >= 4 is 17.9 Å². The van der Waals surface area contributed by atoms with Gasteiger partial charge in [0, 0.05) is 19.3 Å². The van der Waals surface area contributed by atoms with Crippen LogP contribution in [0.2, 0.25) is 0 Å². The van der Waals surface area contributed by atoms with Crippen LogP contribution >= 0.6 is 0 Å². The number of esters is 3. The monoisotopic (exact) mass is 1170 g/mol. The molecule has 488 valence electrons. The molecule has 0 N–H and O–H groups in total. The Balaban J connectivity index is 4.12. The van der Waals surface area contributed by atoms with E-state index in [0.29, 0.717) is 19.3 Å². The average Bonchev–Trinajstić information content (AvgIpc) is 3.49. The van der Waals surface area contributed by atoms with Gasteiger partial charge in [0.05, 0.1) is 0 Å². The molecule has 1 unspecified atom stereocenters. The number of hydrogen-bond acceptors (Lipinski definition) is 6. The summed E-state index contributed by atoms with van der Waals surface area (Å²) < 4.78 is 17.0. The van der Waals surface area contributed by atoms with Crippen LogP contribution < -0.4 is 0 Å². The highest BCUT2D eigenvalue weighted by Gasteiger charge is 2.20. The molecule has 0 saturated heterocycles. The van der Waals surface area contributed by atoms with E-state index in [1.807, 2.05) is 0 Å². The number of allylic oxidation sites excluding steroid dienone is 6. The molecule has 0 saturated carbocycles. The van der Waals surface area contributed by atoms with E-state index in [0.717, 1.165) is 64.2 Å². The minimum atomic E-state index is -0.775. The van der Waals surface area contributed by atoms with Crippen LogP contribution in [0, 0.1) is 0 Å². The van der Waals surface area contributed by atoms with E-state index >= 15 is 0 Å². The smallest absolute Gasteiger partial charge is 0.306 e. The molecule has 83 heavy (non-hydrogen) atoms. The molecule has 0 aliphatic heterocycles. The van der Waals surface area contributed by atoms with Crippen molar-refractivity contribution in [2.24, 2.45) is 0 Å². The standard InChI is InChI=1S/C77H144O6/c1-4-7-10-13-16-19-22-25-27-29-31-32-33-34-35-36-37-38-39-40-41-42-43-44-46-47-49-52-55-58-61-64-67-70-76(79)82-73-74(72-81-75(78)69-66-63-60-57-54-51-24-21-18-15-12-9-6-3)83-77(80)71-68-65-62-59-56-53-50-48-45-30-28-26-23-20-17-14-11-8-5-2/h21,24,26,28-29,31,74H,4-20,22-23,25,27,30,32-73H2,1-3H3/b24-21-,28-26-,31-29-. The van der Waals surface area contributed by atoms with Gasteiger partial charge in [0.1, 0.15) is 13.2 Å². The molecule has 0 aliphatic rings. The summed E-state index contributed by atoms with van der Waals surface area (Å²) >= 11 is 0. The van der Waals surface area contributed by atoms with Crippen LogP contribution in [0.5, 0.6) is 0 Å². The lowest BCUT2D eigenvalue weighted by atomic mass is 10.0. The number of rotatable bonds is 70. The quantitative estimate of drug-likeness (QED) is 0.0261. The predicted octanol–water partition coefficient (Wildman–Crippen LogP) is 25.9. The second-order valence-electron chi connectivity index (χ2n) is 25.6. The minimum Gasteiger partial charge on any atom is -0.462 e. The number of carbonyl (C=O) groups excluding carboxylic acids is 3. The first kappa shape index (κ1) is 80.6. The topological polar surface area (TPSA) is 78.9 Å². The number of ether oxygens (including phenoxy) is 3. The van der Waals surface area contributed by atoms with E-state index in [1.54, 1.807) is 0 Å². The van der Waals surface area contributed by atoms with Crippen molar-refractivity contribution in [2.45, 2.75) is 425 Å². The fourth-order valence-corrected chi connectivity index (χ4v) is 11.4. The molecule has 0 rings (SSSR count). The van der Waals surface area contributed by atoms with Crippen LogP contribution in [-0.2, 0) is 28.6 Å². The maximum absolute atomic E-state index is 12.9. The van der Waals surface area contributed by atoms with Gasteiger partial charge < -0.3 is 14.2 Å². The zero-order valence-electron chi connectivity index (χ0n) is 56.2. The molecule has 0 spiro atoms.